The average Bonchev–Trinajstić information content (AvgIpc) is 3.31. The van der Waals surface area contributed by atoms with Crippen molar-refractivity contribution in [3.8, 4) is 11.1 Å². The summed E-state index contributed by atoms with van der Waals surface area (Å²) in [4.78, 5) is 26.6. The zero-order valence-corrected chi connectivity index (χ0v) is 19.2. The Labute approximate surface area is 200 Å². The Kier molecular flexibility index (Phi) is 6.81. The van der Waals surface area contributed by atoms with E-state index < -0.39 is 39.6 Å². The van der Waals surface area contributed by atoms with E-state index in [1.165, 1.54) is 53.4 Å². The highest BCUT2D eigenvalue weighted by molar-refractivity contribution is 7.89. The highest BCUT2D eigenvalue weighted by Gasteiger charge is 2.34. The fourth-order valence-electron chi connectivity index (χ4n) is 4.01. The van der Waals surface area contributed by atoms with Crippen LogP contribution in [0, 0.1) is 11.6 Å². The van der Waals surface area contributed by atoms with E-state index in [2.05, 4.69) is 10.6 Å². The van der Waals surface area contributed by atoms with Gasteiger partial charge in [0.15, 0.2) is 0 Å². The molecule has 0 aliphatic carbocycles. The van der Waals surface area contributed by atoms with Crippen LogP contribution in [0.3, 0.4) is 0 Å². The first kappa shape index (κ1) is 24.3. The fraction of sp³-hybridized carbons (Fsp3) is 0.167. The number of urea groups is 1. The van der Waals surface area contributed by atoms with Crippen LogP contribution in [0.4, 0.5) is 25.0 Å². The molecule has 1 aliphatic rings. The van der Waals surface area contributed by atoms with E-state index in [0.717, 1.165) is 6.07 Å². The first-order valence-electron chi connectivity index (χ1n) is 10.7. The number of nitrogens with one attached hydrogen (secondary N) is 2. The lowest BCUT2D eigenvalue weighted by atomic mass is 10.0. The Bertz CT molecular complexity index is 1400. The number of sulfonamides is 1. The second kappa shape index (κ2) is 9.80. The minimum atomic E-state index is -4.08. The number of carbonyl (C=O) groups excluding carboxylic acids is 2. The van der Waals surface area contributed by atoms with Gasteiger partial charge in [0, 0.05) is 23.4 Å². The lowest BCUT2D eigenvalue weighted by Gasteiger charge is -2.24. The maximum absolute atomic E-state index is 14.9. The van der Waals surface area contributed by atoms with Gasteiger partial charge in [-0.3, -0.25) is 4.79 Å². The zero-order valence-electron chi connectivity index (χ0n) is 18.4. The Balaban J connectivity index is 1.50. The van der Waals surface area contributed by atoms with Crippen molar-refractivity contribution in [1.82, 2.24) is 4.90 Å². The molecule has 3 aromatic carbocycles. The molecule has 0 radical (unpaired) electrons. The fourth-order valence-corrected chi connectivity index (χ4v) is 4.76. The molecule has 35 heavy (non-hydrogen) atoms. The molecular weight excluding hydrogens is 478 g/mol. The molecule has 4 rings (SSSR count). The molecule has 8 nitrogen and oxygen atoms in total. The number of primary sulfonamides is 1. The predicted molar refractivity (Wildman–Crippen MR) is 127 cm³/mol. The van der Waals surface area contributed by atoms with Crippen LogP contribution in [-0.2, 0) is 14.8 Å². The van der Waals surface area contributed by atoms with E-state index in [0.29, 0.717) is 19.4 Å². The second-order valence-corrected chi connectivity index (χ2v) is 9.52. The van der Waals surface area contributed by atoms with Gasteiger partial charge < -0.3 is 15.5 Å². The van der Waals surface area contributed by atoms with Crippen LogP contribution >= 0.6 is 0 Å². The third kappa shape index (κ3) is 5.31. The Morgan fingerprint density at radius 3 is 2.34 bits per heavy atom. The van der Waals surface area contributed by atoms with Crippen LogP contribution in [-0.4, -0.2) is 37.8 Å². The van der Waals surface area contributed by atoms with Gasteiger partial charge in [0.1, 0.15) is 17.7 Å². The Hall–Kier alpha value is -3.83. The molecule has 1 heterocycles. The number of rotatable bonds is 5. The number of anilines is 2. The maximum atomic E-state index is 14.9. The molecule has 3 aromatic rings. The summed E-state index contributed by atoms with van der Waals surface area (Å²) in [6.07, 6.45) is 0.958. The quantitative estimate of drug-likeness (QED) is 0.492. The van der Waals surface area contributed by atoms with Crippen molar-refractivity contribution in [1.29, 1.82) is 0 Å². The number of nitrogens with two attached hydrogens (primary N) is 1. The molecule has 0 bridgehead atoms. The SMILES string of the molecule is NS(=O)(=O)c1ccccc1-c1ccc(NC(=O)C2CCCN2C(=O)Nc2ccccc2F)cc1F. The summed E-state index contributed by atoms with van der Waals surface area (Å²) in [6.45, 7) is 0.302. The van der Waals surface area contributed by atoms with Crippen molar-refractivity contribution < 1.29 is 26.8 Å². The van der Waals surface area contributed by atoms with Gasteiger partial charge in [-0.05, 0) is 49.2 Å². The van der Waals surface area contributed by atoms with Gasteiger partial charge in [0.2, 0.25) is 15.9 Å². The molecule has 1 aliphatic heterocycles. The molecule has 4 N–H and O–H groups in total. The molecule has 11 heteroatoms. The van der Waals surface area contributed by atoms with Gasteiger partial charge in [-0.1, -0.05) is 30.3 Å². The summed E-state index contributed by atoms with van der Waals surface area (Å²) in [5.41, 5.74) is 0.225. The monoisotopic (exact) mass is 500 g/mol. The van der Waals surface area contributed by atoms with Gasteiger partial charge in [-0.2, -0.15) is 0 Å². The number of hydrogen-bond acceptors (Lipinski definition) is 4. The first-order valence-corrected chi connectivity index (χ1v) is 12.2. The van der Waals surface area contributed by atoms with Crippen molar-refractivity contribution in [3.05, 3.63) is 78.4 Å². The second-order valence-electron chi connectivity index (χ2n) is 7.99. The van der Waals surface area contributed by atoms with Crippen molar-refractivity contribution in [2.45, 2.75) is 23.8 Å². The highest BCUT2D eigenvalue weighted by atomic mass is 32.2. The molecule has 0 spiro atoms. The van der Waals surface area contributed by atoms with Crippen molar-refractivity contribution in [3.63, 3.8) is 0 Å². The number of benzene rings is 3. The van der Waals surface area contributed by atoms with Crippen LogP contribution in [0.25, 0.3) is 11.1 Å². The third-order valence-electron chi connectivity index (χ3n) is 5.65. The Morgan fingerprint density at radius 1 is 0.914 bits per heavy atom. The summed E-state index contributed by atoms with van der Waals surface area (Å²) in [5, 5.41) is 10.3. The number of amides is 3. The van der Waals surface area contributed by atoms with E-state index in [9.17, 15) is 26.8 Å². The number of nitrogens with zero attached hydrogens (tertiary/aromatic N) is 1. The molecular formula is C24H22F2N4O4S. The van der Waals surface area contributed by atoms with Gasteiger partial charge in [0.25, 0.3) is 0 Å². The molecule has 1 saturated heterocycles. The standard InChI is InChI=1S/C24H22F2N4O4S/c25-18-7-2-3-8-20(18)29-24(32)30-13-5-9-21(30)23(31)28-15-11-12-16(19(26)14-15)17-6-1-4-10-22(17)35(27,33)34/h1-4,6-8,10-12,14,21H,5,9,13H2,(H,28,31)(H,29,32)(H2,27,33,34). The summed E-state index contributed by atoms with van der Waals surface area (Å²) >= 11 is 0. The molecule has 3 amide bonds. The van der Waals surface area contributed by atoms with E-state index in [1.54, 1.807) is 12.1 Å². The van der Waals surface area contributed by atoms with Crippen molar-refractivity contribution >= 4 is 33.3 Å². The molecule has 1 atom stereocenters. The number of halogens is 2. The van der Waals surface area contributed by atoms with Crippen molar-refractivity contribution in [2.24, 2.45) is 5.14 Å². The number of hydrogen-bond donors (Lipinski definition) is 3. The topological polar surface area (TPSA) is 122 Å². The normalized spacial score (nSPS) is 15.6. The summed E-state index contributed by atoms with van der Waals surface area (Å²) < 4.78 is 52.5. The smallest absolute Gasteiger partial charge is 0.322 e. The van der Waals surface area contributed by atoms with Gasteiger partial charge >= 0.3 is 6.03 Å². The summed E-state index contributed by atoms with van der Waals surface area (Å²) in [7, 11) is -4.08. The lowest BCUT2D eigenvalue weighted by molar-refractivity contribution is -0.119. The van der Waals surface area contributed by atoms with Gasteiger partial charge in [-0.15, -0.1) is 0 Å². The molecule has 1 fully saturated rings. The van der Waals surface area contributed by atoms with Gasteiger partial charge in [-0.25, -0.2) is 27.1 Å². The summed E-state index contributed by atoms with van der Waals surface area (Å²) in [6, 6.07) is 13.8. The maximum Gasteiger partial charge on any atom is 0.322 e. The van der Waals surface area contributed by atoms with Crippen LogP contribution in [0.5, 0.6) is 0 Å². The Morgan fingerprint density at radius 2 is 1.63 bits per heavy atom. The molecule has 0 saturated carbocycles. The molecule has 0 aromatic heterocycles. The number of carbonyl (C=O) groups is 2. The van der Waals surface area contributed by atoms with E-state index in [1.807, 2.05) is 0 Å². The van der Waals surface area contributed by atoms with E-state index in [-0.39, 0.29) is 27.4 Å². The predicted octanol–water partition coefficient (Wildman–Crippen LogP) is 3.91. The minimum absolute atomic E-state index is 0.000572. The lowest BCUT2D eigenvalue weighted by Crippen LogP contribution is -2.45. The van der Waals surface area contributed by atoms with Crippen LogP contribution < -0.4 is 15.8 Å². The highest BCUT2D eigenvalue weighted by Crippen LogP contribution is 2.30. The minimum Gasteiger partial charge on any atom is -0.324 e. The van der Waals surface area contributed by atoms with Crippen LogP contribution in [0.2, 0.25) is 0 Å². The largest absolute Gasteiger partial charge is 0.324 e. The summed E-state index contributed by atoms with van der Waals surface area (Å²) in [5.74, 6) is -1.89. The van der Waals surface area contributed by atoms with Crippen LogP contribution in [0.1, 0.15) is 12.8 Å². The molecule has 1 unspecified atom stereocenters. The third-order valence-corrected chi connectivity index (χ3v) is 6.62. The number of para-hydroxylation sites is 1. The number of likely N-dealkylation sites (tertiary alicyclic amines) is 1. The van der Waals surface area contributed by atoms with Gasteiger partial charge in [0.05, 0.1) is 10.6 Å². The van der Waals surface area contributed by atoms with E-state index in [4.69, 9.17) is 5.14 Å². The van der Waals surface area contributed by atoms with Crippen LogP contribution in [0.15, 0.2) is 71.6 Å². The first-order chi connectivity index (χ1) is 16.6. The van der Waals surface area contributed by atoms with E-state index >= 15 is 0 Å². The average molecular weight is 501 g/mol. The molecule has 182 valence electrons. The van der Waals surface area contributed by atoms with Crippen molar-refractivity contribution in [2.75, 3.05) is 17.2 Å². The zero-order chi connectivity index (χ0) is 25.2.